The summed E-state index contributed by atoms with van der Waals surface area (Å²) in [6, 6.07) is 3.56. The summed E-state index contributed by atoms with van der Waals surface area (Å²) in [4.78, 5) is 0. The van der Waals surface area contributed by atoms with Gasteiger partial charge in [-0.3, -0.25) is 0 Å². The molecular weight excluding hydrogens is 234 g/mol. The Hall–Kier alpha value is -0.960. The maximum Gasteiger partial charge on any atom is 0.129 e. The molecule has 1 aromatic rings. The van der Waals surface area contributed by atoms with Crippen LogP contribution in [-0.4, -0.2) is 10.7 Å². The van der Waals surface area contributed by atoms with Gasteiger partial charge in [-0.1, -0.05) is 26.3 Å². The second-order valence-corrected chi connectivity index (χ2v) is 6.33. The molecule has 0 aromatic heterocycles. The Morgan fingerprint density at radius 1 is 1.22 bits per heavy atom. The zero-order chi connectivity index (χ0) is 13.4. The molecular formula is C15H20F2O. The minimum absolute atomic E-state index is 0.0868. The molecule has 1 atom stereocenters. The fraction of sp³-hybridized carbons (Fsp3) is 0.600. The molecule has 1 saturated carbocycles. The third-order valence-electron chi connectivity index (χ3n) is 3.84. The third-order valence-corrected chi connectivity index (χ3v) is 3.84. The van der Waals surface area contributed by atoms with Crippen LogP contribution < -0.4 is 0 Å². The van der Waals surface area contributed by atoms with Crippen molar-refractivity contribution in [3.8, 4) is 0 Å². The van der Waals surface area contributed by atoms with E-state index in [0.29, 0.717) is 18.4 Å². The molecule has 0 amide bonds. The molecule has 2 rings (SSSR count). The predicted molar refractivity (Wildman–Crippen MR) is 67.3 cm³/mol. The van der Waals surface area contributed by atoms with Crippen LogP contribution in [0.15, 0.2) is 18.2 Å². The Kier molecular flexibility index (Phi) is 3.45. The monoisotopic (exact) mass is 254 g/mol. The van der Waals surface area contributed by atoms with Crippen LogP contribution in [0.5, 0.6) is 0 Å². The molecule has 0 saturated heterocycles. The average Bonchev–Trinajstić information content (AvgIpc) is 2.20. The largest absolute Gasteiger partial charge is 0.390 e. The van der Waals surface area contributed by atoms with Crippen LogP contribution in [-0.2, 0) is 6.42 Å². The van der Waals surface area contributed by atoms with Gasteiger partial charge in [-0.25, -0.2) is 8.78 Å². The number of hydrogen-bond donors (Lipinski definition) is 1. The van der Waals surface area contributed by atoms with E-state index in [1.54, 1.807) is 0 Å². The summed E-state index contributed by atoms with van der Waals surface area (Å²) in [5.74, 6) is -1.14. The number of hydrogen-bond acceptors (Lipinski definition) is 1. The Morgan fingerprint density at radius 2 is 1.94 bits per heavy atom. The Bertz CT molecular complexity index is 442. The molecule has 1 aliphatic rings. The first-order chi connectivity index (χ1) is 8.30. The molecule has 3 heteroatoms. The molecule has 0 spiro atoms. The van der Waals surface area contributed by atoms with E-state index in [1.807, 2.05) is 0 Å². The van der Waals surface area contributed by atoms with Crippen LogP contribution in [0.3, 0.4) is 0 Å². The maximum atomic E-state index is 13.6. The smallest absolute Gasteiger partial charge is 0.129 e. The van der Waals surface area contributed by atoms with Gasteiger partial charge in [0.05, 0.1) is 5.60 Å². The highest BCUT2D eigenvalue weighted by Gasteiger charge is 2.38. The number of rotatable bonds is 2. The number of aliphatic hydroxyl groups is 1. The first kappa shape index (κ1) is 13.5. The summed E-state index contributed by atoms with van der Waals surface area (Å²) in [6.45, 7) is 4.25. The first-order valence-electron chi connectivity index (χ1n) is 6.46. The molecule has 100 valence electrons. The van der Waals surface area contributed by atoms with Crippen molar-refractivity contribution in [2.75, 3.05) is 0 Å². The van der Waals surface area contributed by atoms with E-state index < -0.39 is 17.2 Å². The van der Waals surface area contributed by atoms with E-state index in [1.165, 1.54) is 12.1 Å². The van der Waals surface area contributed by atoms with Gasteiger partial charge in [0.1, 0.15) is 11.6 Å². The quantitative estimate of drug-likeness (QED) is 0.850. The molecule has 1 aliphatic carbocycles. The number of halogens is 2. The summed E-state index contributed by atoms with van der Waals surface area (Å²) in [6.07, 6.45) is 3.65. The molecule has 0 aliphatic heterocycles. The van der Waals surface area contributed by atoms with Gasteiger partial charge >= 0.3 is 0 Å². The van der Waals surface area contributed by atoms with Crippen LogP contribution in [0.4, 0.5) is 8.78 Å². The SMILES string of the molecule is CC1(C)CCCC(O)(Cc2ccc(F)cc2F)C1. The molecule has 1 fully saturated rings. The Labute approximate surface area is 107 Å². The summed E-state index contributed by atoms with van der Waals surface area (Å²) < 4.78 is 26.5. The van der Waals surface area contributed by atoms with Crippen molar-refractivity contribution in [2.24, 2.45) is 5.41 Å². The van der Waals surface area contributed by atoms with Crippen LogP contribution in [0.2, 0.25) is 0 Å². The standard InChI is InChI=1S/C15H20F2O/c1-14(2)6-3-7-15(18,10-14)9-11-4-5-12(16)8-13(11)17/h4-5,8,18H,3,6-7,9-10H2,1-2H3. The molecule has 1 N–H and O–H groups in total. The molecule has 18 heavy (non-hydrogen) atoms. The molecule has 0 heterocycles. The van der Waals surface area contributed by atoms with E-state index in [4.69, 9.17) is 0 Å². The van der Waals surface area contributed by atoms with Crippen molar-refractivity contribution in [2.45, 2.75) is 51.6 Å². The fourth-order valence-electron chi connectivity index (χ4n) is 3.13. The van der Waals surface area contributed by atoms with Gasteiger partial charge in [0.25, 0.3) is 0 Å². The van der Waals surface area contributed by atoms with Gasteiger partial charge in [-0.2, -0.15) is 0 Å². The van der Waals surface area contributed by atoms with Gasteiger partial charge in [0, 0.05) is 12.5 Å². The van der Waals surface area contributed by atoms with Crippen molar-refractivity contribution in [3.63, 3.8) is 0 Å². The lowest BCUT2D eigenvalue weighted by Crippen LogP contribution is -2.40. The van der Waals surface area contributed by atoms with Crippen molar-refractivity contribution in [1.82, 2.24) is 0 Å². The summed E-state index contributed by atoms with van der Waals surface area (Å²) in [5, 5.41) is 10.6. The zero-order valence-corrected chi connectivity index (χ0v) is 11.0. The van der Waals surface area contributed by atoms with Crippen LogP contribution in [0.1, 0.15) is 45.1 Å². The Morgan fingerprint density at radius 3 is 2.56 bits per heavy atom. The normalized spacial score (nSPS) is 27.2. The van der Waals surface area contributed by atoms with Crippen molar-refractivity contribution in [1.29, 1.82) is 0 Å². The molecule has 1 nitrogen and oxygen atoms in total. The van der Waals surface area contributed by atoms with Gasteiger partial charge < -0.3 is 5.11 Å². The van der Waals surface area contributed by atoms with Gasteiger partial charge in [-0.15, -0.1) is 0 Å². The predicted octanol–water partition coefficient (Wildman–Crippen LogP) is 3.84. The molecule has 1 aromatic carbocycles. The zero-order valence-electron chi connectivity index (χ0n) is 11.0. The highest BCUT2D eigenvalue weighted by molar-refractivity contribution is 5.21. The molecule has 0 radical (unpaired) electrons. The lowest BCUT2D eigenvalue weighted by atomic mass is 9.68. The van der Waals surface area contributed by atoms with Crippen molar-refractivity contribution in [3.05, 3.63) is 35.4 Å². The van der Waals surface area contributed by atoms with Crippen molar-refractivity contribution >= 4 is 0 Å². The van der Waals surface area contributed by atoms with E-state index in [-0.39, 0.29) is 11.8 Å². The Balaban J connectivity index is 2.17. The minimum Gasteiger partial charge on any atom is -0.390 e. The average molecular weight is 254 g/mol. The maximum absolute atomic E-state index is 13.6. The van der Waals surface area contributed by atoms with Gasteiger partial charge in [-0.05, 0) is 36.3 Å². The lowest BCUT2D eigenvalue weighted by Gasteiger charge is -2.41. The second-order valence-electron chi connectivity index (χ2n) is 6.33. The van der Waals surface area contributed by atoms with Crippen LogP contribution in [0.25, 0.3) is 0 Å². The van der Waals surface area contributed by atoms with Crippen molar-refractivity contribution < 1.29 is 13.9 Å². The van der Waals surface area contributed by atoms with E-state index in [9.17, 15) is 13.9 Å². The van der Waals surface area contributed by atoms with E-state index >= 15 is 0 Å². The second kappa shape index (κ2) is 4.61. The topological polar surface area (TPSA) is 20.2 Å². The fourth-order valence-corrected chi connectivity index (χ4v) is 3.13. The first-order valence-corrected chi connectivity index (χ1v) is 6.46. The highest BCUT2D eigenvalue weighted by Crippen LogP contribution is 2.42. The minimum atomic E-state index is -0.861. The summed E-state index contributed by atoms with van der Waals surface area (Å²) in [7, 11) is 0. The number of benzene rings is 1. The lowest BCUT2D eigenvalue weighted by molar-refractivity contribution is -0.0387. The van der Waals surface area contributed by atoms with Gasteiger partial charge in [0.2, 0.25) is 0 Å². The van der Waals surface area contributed by atoms with Gasteiger partial charge in [0.15, 0.2) is 0 Å². The van der Waals surface area contributed by atoms with Crippen LogP contribution in [0, 0.1) is 17.0 Å². The molecule has 1 unspecified atom stereocenters. The van der Waals surface area contributed by atoms with E-state index in [2.05, 4.69) is 13.8 Å². The summed E-state index contributed by atoms with van der Waals surface area (Å²) in [5.41, 5.74) is -0.374. The third kappa shape index (κ3) is 3.08. The summed E-state index contributed by atoms with van der Waals surface area (Å²) >= 11 is 0. The van der Waals surface area contributed by atoms with E-state index in [0.717, 1.165) is 18.9 Å². The highest BCUT2D eigenvalue weighted by atomic mass is 19.1. The van der Waals surface area contributed by atoms with Crippen LogP contribution >= 0.6 is 0 Å². The molecule has 0 bridgehead atoms.